The Kier molecular flexibility index (Phi) is 7.94. The zero-order chi connectivity index (χ0) is 23.7. The highest BCUT2D eigenvalue weighted by Crippen LogP contribution is 2.66. The highest BCUT2D eigenvalue weighted by atomic mass is 35.5. The summed E-state index contributed by atoms with van der Waals surface area (Å²) < 4.78 is 0. The second kappa shape index (κ2) is 9.99. The van der Waals surface area contributed by atoms with E-state index >= 15 is 0 Å². The van der Waals surface area contributed by atoms with E-state index in [1.165, 1.54) is 11.1 Å². The lowest BCUT2D eigenvalue weighted by Gasteiger charge is -2.59. The monoisotopic (exact) mass is 464 g/mol. The van der Waals surface area contributed by atoms with Gasteiger partial charge in [0.05, 0.1) is 30.3 Å². The van der Waals surface area contributed by atoms with Crippen molar-refractivity contribution < 1.29 is 15.0 Å². The molecule has 0 radical (unpaired) electrons. The summed E-state index contributed by atoms with van der Waals surface area (Å²) in [6.07, 6.45) is 9.71. The second-order valence-electron chi connectivity index (χ2n) is 10.4. The Morgan fingerprint density at radius 3 is 2.66 bits per heavy atom. The molecule has 5 nitrogen and oxygen atoms in total. The Morgan fingerprint density at radius 1 is 1.31 bits per heavy atom. The molecule has 180 valence electrons. The Hall–Kier alpha value is -1.17. The van der Waals surface area contributed by atoms with Crippen molar-refractivity contribution in [2.75, 3.05) is 12.4 Å². The fourth-order valence-electron chi connectivity index (χ4n) is 7.61. The molecule has 1 aliphatic heterocycles. The van der Waals surface area contributed by atoms with E-state index in [0.29, 0.717) is 30.0 Å². The molecule has 5 rings (SSSR count). The van der Waals surface area contributed by atoms with E-state index in [-0.39, 0.29) is 28.9 Å². The van der Waals surface area contributed by atoms with Gasteiger partial charge in [0.1, 0.15) is 6.29 Å². The van der Waals surface area contributed by atoms with E-state index in [1.807, 2.05) is 13.8 Å². The second-order valence-corrected chi connectivity index (χ2v) is 10.8. The van der Waals surface area contributed by atoms with Gasteiger partial charge in [-0.15, -0.1) is 11.6 Å². The van der Waals surface area contributed by atoms with Crippen molar-refractivity contribution >= 4 is 23.6 Å². The first-order valence-corrected chi connectivity index (χ1v) is 12.9. The van der Waals surface area contributed by atoms with Gasteiger partial charge in [-0.3, -0.25) is 0 Å². The van der Waals surface area contributed by atoms with Crippen molar-refractivity contribution in [1.29, 1.82) is 0 Å². The number of nitrogens with zero attached hydrogens (tertiary/aromatic N) is 1. The van der Waals surface area contributed by atoms with Gasteiger partial charge in [-0.05, 0) is 78.3 Å². The lowest BCUT2D eigenvalue weighted by Crippen LogP contribution is -2.57. The van der Waals surface area contributed by atoms with Crippen molar-refractivity contribution in [1.82, 2.24) is 5.43 Å². The SMILES string of the molecule is CC.C[C@H]1CC2[C@@H]3CCC4=CC5=NNCC=C5C[C@]4(C)C3[C@@H](O)C[C@]2(C)[C@@H]1O.O=CCCl. The lowest BCUT2D eigenvalue weighted by molar-refractivity contribution is -0.138. The van der Waals surface area contributed by atoms with Crippen LogP contribution in [0.2, 0.25) is 0 Å². The van der Waals surface area contributed by atoms with Gasteiger partial charge in [0.15, 0.2) is 0 Å². The van der Waals surface area contributed by atoms with Crippen molar-refractivity contribution in [2.45, 2.75) is 78.9 Å². The predicted molar refractivity (Wildman–Crippen MR) is 131 cm³/mol. The third kappa shape index (κ3) is 4.10. The van der Waals surface area contributed by atoms with Gasteiger partial charge in [0, 0.05) is 0 Å². The van der Waals surface area contributed by atoms with Crippen LogP contribution in [0.1, 0.15) is 66.7 Å². The Labute approximate surface area is 198 Å². The van der Waals surface area contributed by atoms with Crippen LogP contribution in [-0.4, -0.2) is 46.8 Å². The highest BCUT2D eigenvalue weighted by molar-refractivity contribution is 6.24. The zero-order valence-corrected chi connectivity index (χ0v) is 21.0. The summed E-state index contributed by atoms with van der Waals surface area (Å²) in [5, 5.41) is 26.7. The molecule has 6 heteroatoms. The molecule has 3 fully saturated rings. The summed E-state index contributed by atoms with van der Waals surface area (Å²) in [6.45, 7) is 11.6. The minimum absolute atomic E-state index is 0.0304. The van der Waals surface area contributed by atoms with Crippen LogP contribution >= 0.6 is 11.6 Å². The van der Waals surface area contributed by atoms with Crippen LogP contribution in [0.5, 0.6) is 0 Å². The number of carbonyl (C=O) groups is 1. The van der Waals surface area contributed by atoms with Crippen LogP contribution in [0.25, 0.3) is 0 Å². The molecule has 32 heavy (non-hydrogen) atoms. The van der Waals surface area contributed by atoms with Crippen molar-refractivity contribution in [2.24, 2.45) is 39.6 Å². The maximum Gasteiger partial charge on any atom is 0.134 e. The minimum atomic E-state index is -0.323. The van der Waals surface area contributed by atoms with Crippen molar-refractivity contribution in [3.05, 3.63) is 23.3 Å². The first-order valence-electron chi connectivity index (χ1n) is 12.3. The number of halogens is 1. The number of allylic oxidation sites excluding steroid dienone is 3. The smallest absolute Gasteiger partial charge is 0.134 e. The largest absolute Gasteiger partial charge is 0.393 e. The normalized spacial score (nSPS) is 43.6. The van der Waals surface area contributed by atoms with E-state index in [4.69, 9.17) is 16.4 Å². The molecule has 5 aliphatic rings. The molecule has 2 unspecified atom stereocenters. The fraction of sp³-hybridized carbons (Fsp3) is 0.769. The van der Waals surface area contributed by atoms with Gasteiger partial charge >= 0.3 is 0 Å². The molecule has 3 N–H and O–H groups in total. The number of fused-ring (bicyclic) bond motifs is 6. The van der Waals surface area contributed by atoms with Crippen molar-refractivity contribution in [3.8, 4) is 0 Å². The van der Waals surface area contributed by atoms with E-state index in [2.05, 4.69) is 43.5 Å². The summed E-state index contributed by atoms with van der Waals surface area (Å²) in [7, 11) is 0. The summed E-state index contributed by atoms with van der Waals surface area (Å²) in [6, 6.07) is 0. The third-order valence-corrected chi connectivity index (χ3v) is 8.97. The van der Waals surface area contributed by atoms with Crippen LogP contribution in [0, 0.1) is 34.5 Å². The molecule has 1 heterocycles. The topological polar surface area (TPSA) is 81.9 Å². The quantitative estimate of drug-likeness (QED) is 0.395. The minimum Gasteiger partial charge on any atom is -0.393 e. The highest BCUT2D eigenvalue weighted by Gasteiger charge is 2.63. The number of alkyl halides is 1. The van der Waals surface area contributed by atoms with Gasteiger partial charge in [0.2, 0.25) is 0 Å². The van der Waals surface area contributed by atoms with Gasteiger partial charge in [0.25, 0.3) is 0 Å². The molecule has 0 aromatic heterocycles. The van der Waals surface area contributed by atoms with E-state index in [9.17, 15) is 10.2 Å². The lowest BCUT2D eigenvalue weighted by atomic mass is 9.46. The first kappa shape index (κ1) is 25.5. The molecule has 0 aromatic rings. The number of aliphatic hydroxyl groups is 2. The maximum atomic E-state index is 11.3. The standard InChI is InChI=1S/C22H32N2O2.C2H3ClO.C2H6/c1-12-8-16-15-5-4-14-9-17-13(6-7-23-24-17)10-21(14,2)19(15)18(25)11-22(16,3)20(12)26;3-1-2-4;1-2/h6,9,12,15-16,18-20,23,25-26H,4-5,7-8,10-11H2,1-3H3;2H,1H2;1-2H3/t12-,15-,16?,18-,19?,20+,21-,22-;;/m0../s1. The van der Waals surface area contributed by atoms with Crippen molar-refractivity contribution in [3.63, 3.8) is 0 Å². The van der Waals surface area contributed by atoms with E-state index in [0.717, 1.165) is 44.4 Å². The summed E-state index contributed by atoms with van der Waals surface area (Å²) in [5.74, 6) is 1.82. The Balaban J connectivity index is 0.000000437. The molecule has 0 amide bonds. The average molecular weight is 465 g/mol. The molecule has 0 saturated heterocycles. The van der Waals surface area contributed by atoms with Gasteiger partial charge in [-0.25, -0.2) is 0 Å². The number of aliphatic hydroxyl groups excluding tert-OH is 2. The molecule has 4 aliphatic carbocycles. The van der Waals surface area contributed by atoms with Crippen LogP contribution in [-0.2, 0) is 4.79 Å². The Bertz CT molecular complexity index is 794. The first-order chi connectivity index (χ1) is 15.3. The molecular weight excluding hydrogens is 424 g/mol. The van der Waals surface area contributed by atoms with Crippen LogP contribution < -0.4 is 5.43 Å². The summed E-state index contributed by atoms with van der Waals surface area (Å²) in [5.41, 5.74) is 6.93. The number of nitrogens with one attached hydrogen (secondary N) is 1. The number of hydrogen-bond donors (Lipinski definition) is 3. The molecule has 8 atom stereocenters. The van der Waals surface area contributed by atoms with Crippen LogP contribution in [0.3, 0.4) is 0 Å². The fourth-order valence-corrected chi connectivity index (χ4v) is 7.61. The average Bonchev–Trinajstić information content (AvgIpc) is 3.02. The van der Waals surface area contributed by atoms with Gasteiger partial charge < -0.3 is 20.4 Å². The van der Waals surface area contributed by atoms with Gasteiger partial charge in [-0.1, -0.05) is 46.3 Å². The molecule has 0 aromatic carbocycles. The van der Waals surface area contributed by atoms with Gasteiger partial charge in [-0.2, -0.15) is 5.10 Å². The predicted octanol–water partition coefficient (Wildman–Crippen LogP) is 4.47. The number of hydrazone groups is 1. The Morgan fingerprint density at radius 2 is 2.00 bits per heavy atom. The van der Waals surface area contributed by atoms with Crippen LogP contribution in [0.4, 0.5) is 0 Å². The molecule has 0 spiro atoms. The maximum absolute atomic E-state index is 11.3. The zero-order valence-electron chi connectivity index (χ0n) is 20.3. The number of rotatable bonds is 1. The molecule has 3 saturated carbocycles. The number of hydrogen-bond acceptors (Lipinski definition) is 5. The number of carbonyl (C=O) groups excluding carboxylic acids is 1. The molecular formula is C26H41ClN2O3. The summed E-state index contributed by atoms with van der Waals surface area (Å²) in [4.78, 5) is 9.04. The molecule has 0 bridgehead atoms. The van der Waals surface area contributed by atoms with E-state index in [1.54, 1.807) is 0 Å². The third-order valence-electron chi connectivity index (χ3n) is 8.85. The van der Waals surface area contributed by atoms with E-state index < -0.39 is 0 Å². The number of aldehydes is 1. The summed E-state index contributed by atoms with van der Waals surface area (Å²) >= 11 is 4.82. The van der Waals surface area contributed by atoms with Crippen LogP contribution in [0.15, 0.2) is 28.4 Å².